The Kier molecular flexibility index (Phi) is 20.1. The molecule has 2 unspecified atom stereocenters. The van der Waals surface area contributed by atoms with Gasteiger partial charge in [-0.25, -0.2) is 10.9 Å². The van der Waals surface area contributed by atoms with Crippen molar-refractivity contribution < 1.29 is 17.4 Å². The minimum absolute atomic E-state index is 0. The van der Waals surface area contributed by atoms with E-state index in [2.05, 4.69) is 44.2 Å². The van der Waals surface area contributed by atoms with Crippen molar-refractivity contribution in [3.8, 4) is 0 Å². The molecule has 0 aromatic heterocycles. The number of amidine groups is 1. The van der Waals surface area contributed by atoms with Crippen LogP contribution in [-0.2, 0) is 6.54 Å². The summed E-state index contributed by atoms with van der Waals surface area (Å²) in [7, 11) is 0. The molecule has 0 saturated carbocycles. The normalized spacial score (nSPS) is 17.3. The van der Waals surface area contributed by atoms with Crippen LogP contribution in [0.25, 0.3) is 0 Å². The summed E-state index contributed by atoms with van der Waals surface area (Å²) in [6.45, 7) is 5.51. The van der Waals surface area contributed by atoms with Crippen LogP contribution >= 0.6 is 0 Å². The number of halogens is 1. The zero-order chi connectivity index (χ0) is 25.0. The number of nitrogens with one attached hydrogen (secondary N) is 1. The number of quaternary nitrogens is 1. The van der Waals surface area contributed by atoms with Crippen LogP contribution in [0.2, 0.25) is 0 Å². The molecule has 2 atom stereocenters. The van der Waals surface area contributed by atoms with Crippen LogP contribution in [-0.4, -0.2) is 17.0 Å². The van der Waals surface area contributed by atoms with Crippen molar-refractivity contribution >= 4 is 5.84 Å². The molecule has 3 N–H and O–H groups in total. The van der Waals surface area contributed by atoms with Crippen LogP contribution in [0.5, 0.6) is 0 Å². The number of benzene rings is 1. The van der Waals surface area contributed by atoms with Gasteiger partial charge in [-0.2, -0.15) is 5.01 Å². The lowest BCUT2D eigenvalue weighted by Crippen LogP contribution is -3.10. The Morgan fingerprint density at radius 1 is 0.694 bits per heavy atom. The molecule has 0 spiro atoms. The number of hydrogen-bond donors (Lipinski definition) is 2. The van der Waals surface area contributed by atoms with Gasteiger partial charge in [-0.1, -0.05) is 152 Å². The maximum absolute atomic E-state index is 6.67. The maximum atomic E-state index is 6.67. The molecule has 0 saturated heterocycles. The highest BCUT2D eigenvalue weighted by molar-refractivity contribution is 5.82. The molecule has 208 valence electrons. The minimum Gasteiger partial charge on any atom is -1.00 e. The highest BCUT2D eigenvalue weighted by atomic mass is 35.5. The summed E-state index contributed by atoms with van der Waals surface area (Å²) in [5.74, 6) is 7.79. The van der Waals surface area contributed by atoms with Gasteiger partial charge in [0.1, 0.15) is 6.54 Å². The molecule has 0 amide bonds. The number of nitrogens with two attached hydrogens (primary N) is 1. The standard InChI is InChI=1S/C31H56N4.ClH/c1-3-5-7-9-11-13-15-17-22-26-30-33-34(28-29-24-20-19-21-25-29)31(35(30)32)27-23-18-16-14-12-10-8-6-4-2;/h19-21,24-25,31H,3-18,22-23,26-28,32H2,1-2H3;1H. The number of hydrazine groups is 1. The van der Waals surface area contributed by atoms with E-state index in [1.54, 1.807) is 0 Å². The minimum atomic E-state index is 0. The Morgan fingerprint density at radius 2 is 1.17 bits per heavy atom. The van der Waals surface area contributed by atoms with E-state index in [0.717, 1.165) is 25.2 Å². The van der Waals surface area contributed by atoms with E-state index >= 15 is 0 Å². The highest BCUT2D eigenvalue weighted by Gasteiger charge is 2.36. The molecule has 5 heteroatoms. The molecule has 1 aliphatic rings. The monoisotopic (exact) mass is 520 g/mol. The molecule has 0 aliphatic carbocycles. The van der Waals surface area contributed by atoms with E-state index in [1.807, 2.05) is 5.01 Å². The lowest BCUT2D eigenvalue weighted by molar-refractivity contribution is -0.948. The van der Waals surface area contributed by atoms with E-state index in [4.69, 9.17) is 10.9 Å². The van der Waals surface area contributed by atoms with Gasteiger partial charge in [0.25, 0.3) is 0 Å². The van der Waals surface area contributed by atoms with Gasteiger partial charge in [0.05, 0.1) is 0 Å². The van der Waals surface area contributed by atoms with E-state index in [1.165, 1.54) is 126 Å². The summed E-state index contributed by atoms with van der Waals surface area (Å²) >= 11 is 0. The molecule has 4 nitrogen and oxygen atoms in total. The molecular formula is C31H57ClN4. The quantitative estimate of drug-likeness (QED) is 0.171. The summed E-state index contributed by atoms with van der Waals surface area (Å²) in [5.41, 5.74) is 1.35. The fraction of sp³-hybridized carbons (Fsp3) is 0.774. The van der Waals surface area contributed by atoms with Crippen molar-refractivity contribution in [1.29, 1.82) is 0 Å². The second-order valence-electron chi connectivity index (χ2n) is 10.8. The topological polar surface area (TPSA) is 46.1 Å². The summed E-state index contributed by atoms with van der Waals surface area (Å²) < 4.78 is 0. The molecule has 2 rings (SSSR count). The smallest absolute Gasteiger partial charge is 0.202 e. The fourth-order valence-electron chi connectivity index (χ4n) is 5.33. The van der Waals surface area contributed by atoms with Gasteiger partial charge in [-0.15, -0.1) is 0 Å². The van der Waals surface area contributed by atoms with Crippen molar-refractivity contribution in [2.45, 2.75) is 155 Å². The van der Waals surface area contributed by atoms with Crippen LogP contribution in [0, 0.1) is 0 Å². The highest BCUT2D eigenvalue weighted by Crippen LogP contribution is 2.16. The Balaban J connectivity index is 0.00000648. The Labute approximate surface area is 229 Å². The largest absolute Gasteiger partial charge is 1.00 e. The second-order valence-corrected chi connectivity index (χ2v) is 10.8. The van der Waals surface area contributed by atoms with Gasteiger partial charge in [0.2, 0.25) is 6.17 Å². The molecule has 1 heterocycles. The van der Waals surface area contributed by atoms with Crippen molar-refractivity contribution in [3.05, 3.63) is 35.9 Å². The lowest BCUT2D eigenvalue weighted by atomic mass is 10.1. The molecule has 0 radical (unpaired) electrons. The lowest BCUT2D eigenvalue weighted by Gasteiger charge is -2.23. The number of unbranched alkanes of at least 4 members (excludes halogenated alkanes) is 16. The molecular weight excluding hydrogens is 464 g/mol. The molecule has 1 aromatic rings. The van der Waals surface area contributed by atoms with E-state index in [0.29, 0.717) is 0 Å². The van der Waals surface area contributed by atoms with E-state index in [-0.39, 0.29) is 18.6 Å². The Morgan fingerprint density at radius 3 is 1.69 bits per heavy atom. The molecule has 1 aromatic carbocycles. The molecule has 1 aliphatic heterocycles. The molecule has 0 fully saturated rings. The van der Waals surface area contributed by atoms with Crippen LogP contribution < -0.4 is 23.3 Å². The summed E-state index contributed by atoms with van der Waals surface area (Å²) in [4.78, 5) is 0. The first-order valence-corrected chi connectivity index (χ1v) is 15.3. The molecule has 0 bridgehead atoms. The summed E-state index contributed by atoms with van der Waals surface area (Å²) in [6, 6.07) is 10.8. The van der Waals surface area contributed by atoms with Crippen molar-refractivity contribution in [2.75, 3.05) is 0 Å². The van der Waals surface area contributed by atoms with Gasteiger partial charge < -0.3 is 12.4 Å². The second kappa shape index (κ2) is 21.9. The van der Waals surface area contributed by atoms with Crippen molar-refractivity contribution in [3.63, 3.8) is 0 Å². The predicted molar refractivity (Wildman–Crippen MR) is 152 cm³/mol. The van der Waals surface area contributed by atoms with Crippen LogP contribution in [0.3, 0.4) is 0 Å². The average molecular weight is 521 g/mol. The van der Waals surface area contributed by atoms with Gasteiger partial charge in [-0.05, 0) is 12.8 Å². The fourth-order valence-corrected chi connectivity index (χ4v) is 5.33. The van der Waals surface area contributed by atoms with Crippen molar-refractivity contribution in [1.82, 2.24) is 5.01 Å². The third-order valence-corrected chi connectivity index (χ3v) is 7.60. The first-order valence-electron chi connectivity index (χ1n) is 15.3. The number of hydrogen-bond acceptors (Lipinski definition) is 3. The van der Waals surface area contributed by atoms with Gasteiger partial charge in [-0.3, -0.25) is 0 Å². The zero-order valence-electron chi connectivity index (χ0n) is 23.7. The first kappa shape index (κ1) is 32.9. The number of rotatable bonds is 22. The van der Waals surface area contributed by atoms with E-state index < -0.39 is 0 Å². The van der Waals surface area contributed by atoms with Crippen LogP contribution in [0.1, 0.15) is 148 Å². The average Bonchev–Trinajstić information content (AvgIpc) is 3.16. The van der Waals surface area contributed by atoms with E-state index in [9.17, 15) is 0 Å². The Bertz CT molecular complexity index is 651. The van der Waals surface area contributed by atoms with Gasteiger partial charge in [0, 0.05) is 18.4 Å². The third-order valence-electron chi connectivity index (χ3n) is 7.60. The van der Waals surface area contributed by atoms with Crippen molar-refractivity contribution in [2.24, 2.45) is 10.9 Å². The maximum Gasteiger partial charge on any atom is 0.202 e. The number of nitrogens with zero attached hydrogens (tertiary/aromatic N) is 2. The summed E-state index contributed by atoms with van der Waals surface area (Å²) in [5, 5.41) is 8.42. The molecule has 36 heavy (non-hydrogen) atoms. The SMILES string of the molecule is CCCCCCCCCCCC1=N[NH+](Cc2ccccc2)C(CCCCCCCCCCC)N1N.[Cl-]. The van der Waals surface area contributed by atoms with Crippen LogP contribution in [0.4, 0.5) is 0 Å². The van der Waals surface area contributed by atoms with Crippen LogP contribution in [0.15, 0.2) is 35.4 Å². The Hall–Kier alpha value is -1.10. The predicted octanol–water partition coefficient (Wildman–Crippen LogP) is 4.75. The third kappa shape index (κ3) is 14.0. The van der Waals surface area contributed by atoms with Gasteiger partial charge in [0.15, 0.2) is 5.84 Å². The van der Waals surface area contributed by atoms with Gasteiger partial charge >= 0.3 is 0 Å². The first-order chi connectivity index (χ1) is 17.3. The zero-order valence-corrected chi connectivity index (χ0v) is 24.4. The summed E-state index contributed by atoms with van der Waals surface area (Å²) in [6.07, 6.45) is 27.0.